The standard InChI is InChI=1S/C17H18N2O4S/c1-2-9-23-14-4-6-15(7-5-14)24(21,22)19-13-3-8-16-12(10-13)11-17(20)18-16/h3-8,10,19H,2,9,11H2,1H3,(H,18,20). The van der Waals surface area contributed by atoms with Crippen molar-refractivity contribution in [2.24, 2.45) is 0 Å². The molecular formula is C17H18N2O4S. The smallest absolute Gasteiger partial charge is 0.261 e. The van der Waals surface area contributed by atoms with Crippen molar-refractivity contribution in [3.8, 4) is 5.75 Å². The Morgan fingerprint density at radius 2 is 1.92 bits per heavy atom. The number of hydrogen-bond donors (Lipinski definition) is 2. The Balaban J connectivity index is 1.76. The van der Waals surface area contributed by atoms with E-state index in [9.17, 15) is 13.2 Å². The minimum absolute atomic E-state index is 0.0901. The van der Waals surface area contributed by atoms with Crippen molar-refractivity contribution in [3.05, 3.63) is 48.0 Å². The summed E-state index contributed by atoms with van der Waals surface area (Å²) in [6, 6.07) is 11.3. The summed E-state index contributed by atoms with van der Waals surface area (Å²) in [6.45, 7) is 2.59. The number of fused-ring (bicyclic) bond motifs is 1. The molecule has 0 atom stereocenters. The molecule has 1 amide bonds. The molecule has 0 saturated heterocycles. The normalized spacial score (nSPS) is 13.3. The van der Waals surface area contributed by atoms with Crippen LogP contribution in [-0.2, 0) is 21.2 Å². The molecule has 24 heavy (non-hydrogen) atoms. The maximum Gasteiger partial charge on any atom is 0.261 e. The van der Waals surface area contributed by atoms with Crippen molar-refractivity contribution in [1.29, 1.82) is 0 Å². The first-order valence-corrected chi connectivity index (χ1v) is 9.15. The average Bonchev–Trinajstić information content (AvgIpc) is 2.92. The van der Waals surface area contributed by atoms with Gasteiger partial charge in [-0.15, -0.1) is 0 Å². The molecule has 1 heterocycles. The Morgan fingerprint density at radius 3 is 2.62 bits per heavy atom. The molecule has 7 heteroatoms. The number of anilines is 2. The van der Waals surface area contributed by atoms with Crippen LogP contribution < -0.4 is 14.8 Å². The van der Waals surface area contributed by atoms with E-state index in [0.29, 0.717) is 18.0 Å². The fraction of sp³-hybridized carbons (Fsp3) is 0.235. The third-order valence-electron chi connectivity index (χ3n) is 3.59. The lowest BCUT2D eigenvalue weighted by molar-refractivity contribution is -0.115. The Kier molecular flexibility index (Phi) is 4.44. The van der Waals surface area contributed by atoms with Gasteiger partial charge >= 0.3 is 0 Å². The number of sulfonamides is 1. The van der Waals surface area contributed by atoms with Gasteiger partial charge in [-0.1, -0.05) is 6.92 Å². The van der Waals surface area contributed by atoms with Crippen molar-refractivity contribution in [2.45, 2.75) is 24.7 Å². The summed E-state index contributed by atoms with van der Waals surface area (Å²) in [5, 5.41) is 2.71. The van der Waals surface area contributed by atoms with E-state index < -0.39 is 10.0 Å². The third-order valence-corrected chi connectivity index (χ3v) is 4.99. The predicted molar refractivity (Wildman–Crippen MR) is 91.8 cm³/mol. The van der Waals surface area contributed by atoms with Crippen LogP contribution in [0.1, 0.15) is 18.9 Å². The van der Waals surface area contributed by atoms with Crippen molar-refractivity contribution in [1.82, 2.24) is 0 Å². The molecule has 0 bridgehead atoms. The lowest BCUT2D eigenvalue weighted by Crippen LogP contribution is -2.13. The largest absolute Gasteiger partial charge is 0.494 e. The fourth-order valence-electron chi connectivity index (χ4n) is 2.44. The van der Waals surface area contributed by atoms with Gasteiger partial charge in [-0.2, -0.15) is 0 Å². The van der Waals surface area contributed by atoms with Crippen LogP contribution in [0.25, 0.3) is 0 Å². The van der Waals surface area contributed by atoms with E-state index >= 15 is 0 Å². The van der Waals surface area contributed by atoms with E-state index in [1.54, 1.807) is 30.3 Å². The topological polar surface area (TPSA) is 84.5 Å². The van der Waals surface area contributed by atoms with E-state index in [0.717, 1.165) is 17.7 Å². The average molecular weight is 346 g/mol. The Labute approximate surface area is 140 Å². The minimum atomic E-state index is -3.69. The second-order valence-corrected chi connectivity index (χ2v) is 7.20. The van der Waals surface area contributed by atoms with Gasteiger partial charge in [-0.05, 0) is 54.4 Å². The zero-order valence-electron chi connectivity index (χ0n) is 13.2. The zero-order valence-corrected chi connectivity index (χ0v) is 14.0. The Bertz CT molecular complexity index is 861. The molecule has 0 aromatic heterocycles. The number of rotatable bonds is 6. The molecule has 0 spiro atoms. The summed E-state index contributed by atoms with van der Waals surface area (Å²) < 4.78 is 32.9. The maximum atomic E-state index is 12.5. The number of nitrogens with one attached hydrogen (secondary N) is 2. The highest BCUT2D eigenvalue weighted by atomic mass is 32.2. The van der Waals surface area contributed by atoms with E-state index in [4.69, 9.17) is 4.74 Å². The molecule has 2 N–H and O–H groups in total. The van der Waals surface area contributed by atoms with Gasteiger partial charge in [0.2, 0.25) is 5.91 Å². The molecule has 6 nitrogen and oxygen atoms in total. The Hall–Kier alpha value is -2.54. The van der Waals surface area contributed by atoms with Crippen molar-refractivity contribution < 1.29 is 17.9 Å². The molecule has 0 unspecified atom stereocenters. The van der Waals surface area contributed by atoms with Crippen LogP contribution >= 0.6 is 0 Å². The first-order chi connectivity index (χ1) is 11.5. The lowest BCUT2D eigenvalue weighted by atomic mass is 10.1. The van der Waals surface area contributed by atoms with Gasteiger partial charge in [0.05, 0.1) is 17.9 Å². The van der Waals surface area contributed by atoms with Crippen LogP contribution in [0.4, 0.5) is 11.4 Å². The van der Waals surface area contributed by atoms with Gasteiger partial charge < -0.3 is 10.1 Å². The fourth-order valence-corrected chi connectivity index (χ4v) is 3.49. The minimum Gasteiger partial charge on any atom is -0.494 e. The van der Waals surface area contributed by atoms with E-state index in [1.807, 2.05) is 6.92 Å². The van der Waals surface area contributed by atoms with Crippen LogP contribution in [0.3, 0.4) is 0 Å². The van der Waals surface area contributed by atoms with Gasteiger partial charge in [0.1, 0.15) is 5.75 Å². The second kappa shape index (κ2) is 6.52. The number of amides is 1. The number of benzene rings is 2. The number of carbonyl (C=O) groups excluding carboxylic acids is 1. The van der Waals surface area contributed by atoms with Crippen LogP contribution in [0.2, 0.25) is 0 Å². The molecule has 0 saturated carbocycles. The number of carbonyl (C=O) groups is 1. The predicted octanol–water partition coefficient (Wildman–Crippen LogP) is 2.77. The van der Waals surface area contributed by atoms with Crippen molar-refractivity contribution in [3.63, 3.8) is 0 Å². The van der Waals surface area contributed by atoms with Crippen molar-refractivity contribution in [2.75, 3.05) is 16.6 Å². The van der Waals surface area contributed by atoms with Gasteiger partial charge in [0.25, 0.3) is 10.0 Å². The third kappa shape index (κ3) is 3.51. The summed E-state index contributed by atoms with van der Waals surface area (Å²) in [7, 11) is -3.69. The summed E-state index contributed by atoms with van der Waals surface area (Å²) >= 11 is 0. The first-order valence-electron chi connectivity index (χ1n) is 7.66. The number of ether oxygens (including phenoxy) is 1. The summed E-state index contributed by atoms with van der Waals surface area (Å²) in [5.74, 6) is 0.547. The Morgan fingerprint density at radius 1 is 1.17 bits per heavy atom. The summed E-state index contributed by atoms with van der Waals surface area (Å²) in [6.07, 6.45) is 1.14. The highest BCUT2D eigenvalue weighted by Gasteiger charge is 2.19. The SMILES string of the molecule is CCCOc1ccc(S(=O)(=O)Nc2ccc3c(c2)CC(=O)N3)cc1. The monoisotopic (exact) mass is 346 g/mol. The van der Waals surface area contributed by atoms with Crippen LogP contribution in [0, 0.1) is 0 Å². The summed E-state index contributed by atoms with van der Waals surface area (Å²) in [5.41, 5.74) is 1.93. The molecule has 1 aliphatic rings. The number of hydrogen-bond acceptors (Lipinski definition) is 4. The van der Waals surface area contributed by atoms with E-state index in [1.165, 1.54) is 12.1 Å². The van der Waals surface area contributed by atoms with Gasteiger partial charge in [-0.3, -0.25) is 9.52 Å². The molecule has 126 valence electrons. The van der Waals surface area contributed by atoms with Gasteiger partial charge in [0, 0.05) is 11.4 Å². The maximum absolute atomic E-state index is 12.5. The lowest BCUT2D eigenvalue weighted by Gasteiger charge is -2.10. The van der Waals surface area contributed by atoms with Crippen LogP contribution in [0.5, 0.6) is 5.75 Å². The quantitative estimate of drug-likeness (QED) is 0.842. The molecule has 2 aromatic rings. The second-order valence-electron chi connectivity index (χ2n) is 5.52. The molecule has 0 aliphatic carbocycles. The highest BCUT2D eigenvalue weighted by molar-refractivity contribution is 7.92. The van der Waals surface area contributed by atoms with Gasteiger partial charge in [-0.25, -0.2) is 8.42 Å². The van der Waals surface area contributed by atoms with E-state index in [-0.39, 0.29) is 17.2 Å². The van der Waals surface area contributed by atoms with Crippen LogP contribution in [-0.4, -0.2) is 20.9 Å². The van der Waals surface area contributed by atoms with E-state index in [2.05, 4.69) is 10.0 Å². The molecule has 3 rings (SSSR count). The van der Waals surface area contributed by atoms with Crippen molar-refractivity contribution >= 4 is 27.3 Å². The summed E-state index contributed by atoms with van der Waals surface area (Å²) in [4.78, 5) is 11.5. The first kappa shape index (κ1) is 16.3. The molecule has 2 aromatic carbocycles. The molecule has 0 radical (unpaired) electrons. The van der Waals surface area contributed by atoms with Gasteiger partial charge in [0.15, 0.2) is 0 Å². The van der Waals surface area contributed by atoms with Crippen LogP contribution in [0.15, 0.2) is 47.4 Å². The zero-order chi connectivity index (χ0) is 17.2. The highest BCUT2D eigenvalue weighted by Crippen LogP contribution is 2.27. The molecular weight excluding hydrogens is 328 g/mol. The molecule has 1 aliphatic heterocycles. The molecule has 0 fully saturated rings.